The molecular weight excluding hydrogens is 220 g/mol. The van der Waals surface area contributed by atoms with Crippen LogP contribution in [0.2, 0.25) is 0 Å². The van der Waals surface area contributed by atoms with Crippen molar-refractivity contribution in [3.05, 3.63) is 0 Å². The molecule has 1 saturated heterocycles. The van der Waals surface area contributed by atoms with Crippen molar-refractivity contribution in [2.24, 2.45) is 0 Å². The smallest absolute Gasteiger partial charge is 0.184 e. The molecule has 1 rings (SSSR count). The van der Waals surface area contributed by atoms with Gasteiger partial charge in [-0.2, -0.15) is 0 Å². The van der Waals surface area contributed by atoms with Crippen molar-refractivity contribution in [1.82, 2.24) is 0 Å². The molecule has 0 bridgehead atoms. The number of aliphatic hydroxyl groups is 4. The zero-order valence-electron chi connectivity index (χ0n) is 8.81. The molecule has 94 valence electrons. The summed E-state index contributed by atoms with van der Waals surface area (Å²) in [5.74, 6) is -0.188. The van der Waals surface area contributed by atoms with E-state index >= 15 is 0 Å². The van der Waals surface area contributed by atoms with E-state index in [0.717, 1.165) is 0 Å². The lowest BCUT2D eigenvalue weighted by Gasteiger charge is -2.38. The maximum Gasteiger partial charge on any atom is 0.184 e. The quantitative estimate of drug-likeness (QED) is 0.422. The molecule has 1 unspecified atom stereocenters. The number of Topliss-reactive ketones (excluding diaryl/α,β-unsaturated/α-hetero) is 1. The van der Waals surface area contributed by atoms with E-state index in [1.165, 1.54) is 6.92 Å². The fourth-order valence-corrected chi connectivity index (χ4v) is 1.39. The summed E-state index contributed by atoms with van der Waals surface area (Å²) in [5.41, 5.74) is 0. The van der Waals surface area contributed by atoms with Gasteiger partial charge < -0.3 is 29.9 Å². The van der Waals surface area contributed by atoms with Gasteiger partial charge in [0, 0.05) is 0 Å². The molecule has 0 saturated carbocycles. The molecule has 1 aliphatic rings. The van der Waals surface area contributed by atoms with Crippen molar-refractivity contribution in [3.8, 4) is 0 Å². The maximum absolute atomic E-state index is 10.6. The van der Waals surface area contributed by atoms with E-state index in [9.17, 15) is 20.1 Å². The van der Waals surface area contributed by atoms with Gasteiger partial charge in [-0.15, -0.1) is 0 Å². The van der Waals surface area contributed by atoms with Crippen LogP contribution in [0.25, 0.3) is 0 Å². The molecule has 16 heavy (non-hydrogen) atoms. The van der Waals surface area contributed by atoms with Gasteiger partial charge >= 0.3 is 0 Å². The van der Waals surface area contributed by atoms with Crippen molar-refractivity contribution in [2.75, 3.05) is 13.2 Å². The molecule has 0 amide bonds. The molecule has 1 aliphatic heterocycles. The van der Waals surface area contributed by atoms with Crippen LogP contribution in [0.5, 0.6) is 0 Å². The number of rotatable bonds is 4. The molecule has 0 radical (unpaired) electrons. The average Bonchev–Trinajstić information content (AvgIpc) is 2.22. The van der Waals surface area contributed by atoms with Crippen molar-refractivity contribution in [2.45, 2.75) is 37.6 Å². The molecule has 0 aliphatic carbocycles. The second-order valence-electron chi connectivity index (χ2n) is 3.75. The molecule has 0 spiro atoms. The third-order valence-corrected chi connectivity index (χ3v) is 2.27. The Labute approximate surface area is 92.2 Å². The molecule has 1 heterocycles. The van der Waals surface area contributed by atoms with Crippen molar-refractivity contribution >= 4 is 5.78 Å². The van der Waals surface area contributed by atoms with Crippen LogP contribution in [0.3, 0.4) is 0 Å². The van der Waals surface area contributed by atoms with Gasteiger partial charge in [-0.3, -0.25) is 4.79 Å². The van der Waals surface area contributed by atoms with Crippen LogP contribution < -0.4 is 0 Å². The fourth-order valence-electron chi connectivity index (χ4n) is 1.39. The van der Waals surface area contributed by atoms with Gasteiger partial charge in [-0.05, 0) is 6.92 Å². The van der Waals surface area contributed by atoms with Crippen LogP contribution >= 0.6 is 0 Å². The van der Waals surface area contributed by atoms with Crippen LogP contribution in [-0.4, -0.2) is 70.1 Å². The van der Waals surface area contributed by atoms with E-state index < -0.39 is 30.7 Å². The fraction of sp³-hybridized carbons (Fsp3) is 0.889. The van der Waals surface area contributed by atoms with Gasteiger partial charge in [0.2, 0.25) is 0 Å². The zero-order chi connectivity index (χ0) is 12.3. The van der Waals surface area contributed by atoms with Crippen LogP contribution in [0, 0.1) is 0 Å². The molecule has 7 heteroatoms. The molecule has 5 atom stereocenters. The third kappa shape index (κ3) is 3.21. The Kier molecular flexibility index (Phi) is 4.78. The SMILES string of the molecule is CC(=O)COC[C@@H]1OC(O)[C@@H](O)[C@H](O)[C@@H]1O. The van der Waals surface area contributed by atoms with Crippen molar-refractivity contribution < 1.29 is 34.7 Å². The molecule has 7 nitrogen and oxygen atoms in total. The third-order valence-electron chi connectivity index (χ3n) is 2.27. The summed E-state index contributed by atoms with van der Waals surface area (Å²) in [6.45, 7) is 1.05. The first-order valence-electron chi connectivity index (χ1n) is 4.88. The topological polar surface area (TPSA) is 116 Å². The summed E-state index contributed by atoms with van der Waals surface area (Å²) in [6.07, 6.45) is -6.99. The molecule has 0 aromatic carbocycles. The minimum Gasteiger partial charge on any atom is -0.387 e. The summed E-state index contributed by atoms with van der Waals surface area (Å²) in [6, 6.07) is 0. The summed E-state index contributed by atoms with van der Waals surface area (Å²) in [7, 11) is 0. The highest BCUT2D eigenvalue weighted by atomic mass is 16.6. The maximum atomic E-state index is 10.6. The molecular formula is C9H16O7. The van der Waals surface area contributed by atoms with Gasteiger partial charge in [0.05, 0.1) is 6.61 Å². The Balaban J connectivity index is 2.44. The number of ketones is 1. The van der Waals surface area contributed by atoms with Crippen LogP contribution in [0.4, 0.5) is 0 Å². The number of ether oxygens (including phenoxy) is 2. The number of hydrogen-bond donors (Lipinski definition) is 4. The van der Waals surface area contributed by atoms with Crippen molar-refractivity contribution in [1.29, 1.82) is 0 Å². The van der Waals surface area contributed by atoms with Crippen LogP contribution in [0.1, 0.15) is 6.92 Å². The van der Waals surface area contributed by atoms with Gasteiger partial charge in [-0.25, -0.2) is 0 Å². The number of aliphatic hydroxyl groups excluding tert-OH is 4. The first-order valence-corrected chi connectivity index (χ1v) is 4.88. The normalized spacial score (nSPS) is 39.7. The number of hydrogen-bond acceptors (Lipinski definition) is 7. The Morgan fingerprint density at radius 2 is 1.81 bits per heavy atom. The van der Waals surface area contributed by atoms with Gasteiger partial charge in [0.15, 0.2) is 12.1 Å². The Hall–Kier alpha value is -0.570. The van der Waals surface area contributed by atoms with Crippen LogP contribution in [0.15, 0.2) is 0 Å². The second kappa shape index (κ2) is 5.67. The Bertz CT molecular complexity index is 244. The summed E-state index contributed by atoms with van der Waals surface area (Å²) >= 11 is 0. The van der Waals surface area contributed by atoms with E-state index in [0.29, 0.717) is 0 Å². The Morgan fingerprint density at radius 3 is 2.38 bits per heavy atom. The summed E-state index contributed by atoms with van der Waals surface area (Å²) in [5, 5.41) is 37.2. The van der Waals surface area contributed by atoms with E-state index in [-0.39, 0.29) is 19.0 Å². The molecule has 0 aromatic heterocycles. The number of carbonyl (C=O) groups excluding carboxylic acids is 1. The number of carbonyl (C=O) groups is 1. The summed E-state index contributed by atoms with van der Waals surface area (Å²) in [4.78, 5) is 10.6. The minimum atomic E-state index is -1.58. The van der Waals surface area contributed by atoms with Gasteiger partial charge in [-0.1, -0.05) is 0 Å². The lowest BCUT2D eigenvalue weighted by Crippen LogP contribution is -2.58. The lowest BCUT2D eigenvalue weighted by atomic mass is 9.99. The van der Waals surface area contributed by atoms with Crippen LogP contribution in [-0.2, 0) is 14.3 Å². The van der Waals surface area contributed by atoms with E-state index in [1.54, 1.807) is 0 Å². The zero-order valence-corrected chi connectivity index (χ0v) is 8.81. The first kappa shape index (κ1) is 13.5. The Morgan fingerprint density at radius 1 is 1.19 bits per heavy atom. The predicted octanol–water partition coefficient (Wildman–Crippen LogP) is -2.61. The largest absolute Gasteiger partial charge is 0.387 e. The second-order valence-corrected chi connectivity index (χ2v) is 3.75. The minimum absolute atomic E-state index is 0.138. The monoisotopic (exact) mass is 236 g/mol. The highest BCUT2D eigenvalue weighted by Crippen LogP contribution is 2.19. The van der Waals surface area contributed by atoms with E-state index in [1.807, 2.05) is 0 Å². The highest BCUT2D eigenvalue weighted by molar-refractivity contribution is 5.76. The van der Waals surface area contributed by atoms with E-state index in [2.05, 4.69) is 0 Å². The van der Waals surface area contributed by atoms with E-state index in [4.69, 9.17) is 14.6 Å². The van der Waals surface area contributed by atoms with Crippen molar-refractivity contribution in [3.63, 3.8) is 0 Å². The molecule has 1 fully saturated rings. The van der Waals surface area contributed by atoms with Gasteiger partial charge in [0.1, 0.15) is 31.0 Å². The molecule has 4 N–H and O–H groups in total. The van der Waals surface area contributed by atoms with Gasteiger partial charge in [0.25, 0.3) is 0 Å². The highest BCUT2D eigenvalue weighted by Gasteiger charge is 2.42. The average molecular weight is 236 g/mol. The first-order chi connectivity index (χ1) is 7.43. The summed E-state index contributed by atoms with van der Waals surface area (Å²) < 4.78 is 9.72. The predicted molar refractivity (Wildman–Crippen MR) is 50.4 cm³/mol. The standard InChI is InChI=1S/C9H16O7/c1-4(10)2-15-3-5-6(11)7(12)8(13)9(14)16-5/h5-9,11-14H,2-3H2,1H3/t5-,6+,7+,8-,9?/m0/s1. The molecule has 0 aromatic rings. The lowest BCUT2D eigenvalue weighted by molar-refractivity contribution is -0.288.